The maximum absolute atomic E-state index is 11.0. The Balaban J connectivity index is 2.08. The summed E-state index contributed by atoms with van der Waals surface area (Å²) in [6.07, 6.45) is 3.97. The molecule has 0 amide bonds. The minimum atomic E-state index is 0.374. The highest BCUT2D eigenvalue weighted by Gasteiger charge is 2.13. The van der Waals surface area contributed by atoms with Crippen molar-refractivity contribution in [3.63, 3.8) is 0 Å². The molecule has 0 fully saturated rings. The number of carbonyl (C=O) groups excluding carboxylic acids is 1. The molecule has 2 aromatic carbocycles. The molecule has 0 saturated heterocycles. The number of benzene rings is 2. The van der Waals surface area contributed by atoms with E-state index in [1.807, 2.05) is 49.1 Å². The van der Waals surface area contributed by atoms with Gasteiger partial charge in [0.25, 0.3) is 0 Å². The summed E-state index contributed by atoms with van der Waals surface area (Å²) >= 11 is 8.14. The molecule has 0 spiro atoms. The minimum Gasteiger partial charge on any atom is -0.388 e. The van der Waals surface area contributed by atoms with E-state index in [2.05, 4.69) is 16.4 Å². The second kappa shape index (κ2) is 7.60. The number of carbonyl (C=O) groups is 1. The van der Waals surface area contributed by atoms with Crippen LogP contribution in [0.3, 0.4) is 0 Å². The lowest BCUT2D eigenvalue weighted by Gasteiger charge is -2.14. The smallest absolute Gasteiger partial charge is 0.124 e. The van der Waals surface area contributed by atoms with Gasteiger partial charge >= 0.3 is 0 Å². The monoisotopic (exact) mass is 356 g/mol. The van der Waals surface area contributed by atoms with Gasteiger partial charge in [-0.1, -0.05) is 29.8 Å². The van der Waals surface area contributed by atoms with E-state index in [1.165, 1.54) is 4.88 Å². The van der Waals surface area contributed by atoms with E-state index in [0.29, 0.717) is 11.4 Å². The Morgan fingerprint density at radius 3 is 2.83 bits per heavy atom. The predicted molar refractivity (Wildman–Crippen MR) is 101 cm³/mol. The number of hydrogen-bond donors (Lipinski definition) is 1. The Morgan fingerprint density at radius 1 is 1.25 bits per heavy atom. The van der Waals surface area contributed by atoms with Crippen molar-refractivity contribution >= 4 is 34.9 Å². The van der Waals surface area contributed by atoms with E-state index in [-0.39, 0.29) is 0 Å². The van der Waals surface area contributed by atoms with Crippen molar-refractivity contribution in [3.05, 3.63) is 69.1 Å². The van der Waals surface area contributed by atoms with Gasteiger partial charge in [0.1, 0.15) is 6.29 Å². The summed E-state index contributed by atoms with van der Waals surface area (Å²) in [6, 6.07) is 12.0. The summed E-state index contributed by atoms with van der Waals surface area (Å²) in [7, 11) is 1.86. The van der Waals surface area contributed by atoms with E-state index in [4.69, 9.17) is 11.6 Å². The lowest BCUT2D eigenvalue weighted by atomic mass is 9.94. The molecule has 0 aliphatic heterocycles. The molecule has 1 N–H and O–H groups in total. The molecule has 0 aliphatic carbocycles. The third-order valence-corrected chi connectivity index (χ3v) is 5.01. The van der Waals surface area contributed by atoms with Crippen molar-refractivity contribution in [1.29, 1.82) is 0 Å². The Bertz CT molecular complexity index is 847. The fourth-order valence-corrected chi connectivity index (χ4v) is 3.73. The van der Waals surface area contributed by atoms with Gasteiger partial charge in [-0.05, 0) is 34.9 Å². The van der Waals surface area contributed by atoms with E-state index in [9.17, 15) is 4.79 Å². The zero-order valence-corrected chi connectivity index (χ0v) is 14.8. The number of halogens is 1. The highest BCUT2D eigenvalue weighted by Crippen LogP contribution is 2.35. The van der Waals surface area contributed by atoms with E-state index in [0.717, 1.165) is 40.6 Å². The van der Waals surface area contributed by atoms with Crippen LogP contribution in [0.4, 0.5) is 5.69 Å². The summed E-state index contributed by atoms with van der Waals surface area (Å²) in [5.41, 5.74) is 6.96. The van der Waals surface area contributed by atoms with Crippen LogP contribution in [0.15, 0.2) is 48.1 Å². The number of rotatable bonds is 6. The first kappa shape index (κ1) is 16.7. The van der Waals surface area contributed by atoms with Crippen LogP contribution in [0, 0.1) is 0 Å². The number of nitrogens with zero attached hydrogens (tertiary/aromatic N) is 1. The van der Waals surface area contributed by atoms with Gasteiger partial charge in [0.05, 0.1) is 5.51 Å². The van der Waals surface area contributed by atoms with Crippen LogP contribution in [0.2, 0.25) is 5.02 Å². The summed E-state index contributed by atoms with van der Waals surface area (Å²) in [4.78, 5) is 16.3. The summed E-state index contributed by atoms with van der Waals surface area (Å²) < 4.78 is 0. The number of thiazole rings is 1. The molecule has 3 nitrogen and oxygen atoms in total. The van der Waals surface area contributed by atoms with Crippen molar-refractivity contribution in [3.8, 4) is 11.1 Å². The molecule has 5 heteroatoms. The van der Waals surface area contributed by atoms with Crippen molar-refractivity contribution in [2.45, 2.75) is 12.8 Å². The van der Waals surface area contributed by atoms with Gasteiger partial charge in [0.2, 0.25) is 0 Å². The average molecular weight is 357 g/mol. The number of anilines is 1. The Hall–Kier alpha value is -2.17. The van der Waals surface area contributed by atoms with Crippen molar-refractivity contribution in [1.82, 2.24) is 4.98 Å². The molecule has 0 atom stereocenters. The quantitative estimate of drug-likeness (QED) is 0.643. The average Bonchev–Trinajstić information content (AvgIpc) is 3.08. The summed E-state index contributed by atoms with van der Waals surface area (Å²) in [5.74, 6) is 0. The highest BCUT2D eigenvalue weighted by atomic mass is 35.5. The lowest BCUT2D eigenvalue weighted by Crippen LogP contribution is -1.98. The van der Waals surface area contributed by atoms with Crippen LogP contribution >= 0.6 is 22.9 Å². The van der Waals surface area contributed by atoms with E-state index >= 15 is 0 Å². The molecular formula is C19H17ClN2OS. The van der Waals surface area contributed by atoms with Crippen molar-refractivity contribution in [2.75, 3.05) is 12.4 Å². The van der Waals surface area contributed by atoms with Crippen LogP contribution in [-0.2, 0) is 17.6 Å². The molecule has 24 heavy (non-hydrogen) atoms. The number of hydrogen-bond acceptors (Lipinski definition) is 4. The lowest BCUT2D eigenvalue weighted by molar-refractivity contribution is -0.107. The van der Waals surface area contributed by atoms with Gasteiger partial charge in [-0.25, -0.2) is 0 Å². The number of aldehydes is 1. The van der Waals surface area contributed by atoms with Crippen LogP contribution in [-0.4, -0.2) is 18.3 Å². The molecule has 3 aromatic rings. The molecule has 122 valence electrons. The zero-order valence-electron chi connectivity index (χ0n) is 13.3. The summed E-state index contributed by atoms with van der Waals surface area (Å²) in [5, 5.41) is 3.84. The van der Waals surface area contributed by atoms with Gasteiger partial charge in [-0.15, -0.1) is 11.3 Å². The van der Waals surface area contributed by atoms with Gasteiger partial charge in [0, 0.05) is 47.2 Å². The standard InChI is InChI=1S/C19H17ClN2OS/c1-21-18-6-5-15(9-13(18)7-8-23)19-14(3-2-4-17(19)20)10-16-11-22-12-24-16/h2-6,8-9,11-12,21H,7,10H2,1H3. The first-order valence-electron chi connectivity index (χ1n) is 7.62. The molecule has 0 radical (unpaired) electrons. The first-order valence-corrected chi connectivity index (χ1v) is 8.88. The highest BCUT2D eigenvalue weighted by molar-refractivity contribution is 7.09. The van der Waals surface area contributed by atoms with Crippen molar-refractivity contribution in [2.24, 2.45) is 0 Å². The molecule has 0 bridgehead atoms. The SMILES string of the molecule is CNc1ccc(-c2c(Cl)cccc2Cc2cncs2)cc1CC=O. The maximum Gasteiger partial charge on any atom is 0.124 e. The second-order valence-corrected chi connectivity index (χ2v) is 6.79. The van der Waals surface area contributed by atoms with Crippen LogP contribution < -0.4 is 5.32 Å². The first-order chi connectivity index (χ1) is 11.7. The normalized spacial score (nSPS) is 10.6. The van der Waals surface area contributed by atoms with E-state index in [1.54, 1.807) is 11.3 Å². The molecule has 0 saturated carbocycles. The van der Waals surface area contributed by atoms with Crippen molar-refractivity contribution < 1.29 is 4.79 Å². The zero-order chi connectivity index (χ0) is 16.9. The second-order valence-electron chi connectivity index (χ2n) is 5.41. The molecular weight excluding hydrogens is 340 g/mol. The number of nitrogens with one attached hydrogen (secondary N) is 1. The third kappa shape index (κ3) is 3.50. The predicted octanol–water partition coefficient (Wildman–Crippen LogP) is 4.84. The largest absolute Gasteiger partial charge is 0.388 e. The van der Waals surface area contributed by atoms with E-state index < -0.39 is 0 Å². The van der Waals surface area contributed by atoms with Crippen LogP contribution in [0.25, 0.3) is 11.1 Å². The molecule has 0 aliphatic rings. The fraction of sp³-hybridized carbons (Fsp3) is 0.158. The van der Waals surface area contributed by atoms with Gasteiger partial charge in [0.15, 0.2) is 0 Å². The number of aromatic nitrogens is 1. The maximum atomic E-state index is 11.0. The fourth-order valence-electron chi connectivity index (χ4n) is 2.81. The van der Waals surface area contributed by atoms with Gasteiger partial charge in [-0.3, -0.25) is 4.98 Å². The Morgan fingerprint density at radius 2 is 2.12 bits per heavy atom. The van der Waals surface area contributed by atoms with Gasteiger partial charge < -0.3 is 10.1 Å². The Labute approximate surface area is 150 Å². The topological polar surface area (TPSA) is 42.0 Å². The molecule has 0 unspecified atom stereocenters. The third-order valence-electron chi connectivity index (χ3n) is 3.91. The summed E-state index contributed by atoms with van der Waals surface area (Å²) in [6.45, 7) is 0. The molecule has 1 aromatic heterocycles. The van der Waals surface area contributed by atoms with Gasteiger partial charge in [-0.2, -0.15) is 0 Å². The minimum absolute atomic E-state index is 0.374. The molecule has 1 heterocycles. The molecule has 3 rings (SSSR count). The van der Waals surface area contributed by atoms with Crippen LogP contribution in [0.5, 0.6) is 0 Å². The van der Waals surface area contributed by atoms with Crippen LogP contribution in [0.1, 0.15) is 16.0 Å². The Kier molecular flexibility index (Phi) is 5.28.